The number of piperidine rings is 1. The molecule has 1 aliphatic heterocycles. The molecule has 6 rings (SSSR count). The van der Waals surface area contributed by atoms with Gasteiger partial charge in [-0.15, -0.1) is 0 Å². The number of carbonyl (C=O) groups is 1. The summed E-state index contributed by atoms with van der Waals surface area (Å²) in [6.45, 7) is 2.06. The number of amides is 1. The van der Waals surface area contributed by atoms with E-state index in [1.807, 2.05) is 36.5 Å². The lowest BCUT2D eigenvalue weighted by molar-refractivity contribution is 0.0996. The minimum atomic E-state index is -0.748. The Labute approximate surface area is 236 Å². The van der Waals surface area contributed by atoms with E-state index in [1.54, 1.807) is 6.20 Å². The summed E-state index contributed by atoms with van der Waals surface area (Å²) in [7, 11) is 1.43. The van der Waals surface area contributed by atoms with Crippen molar-refractivity contribution in [2.45, 2.75) is 25.2 Å². The molecule has 9 nitrogen and oxygen atoms in total. The Balaban J connectivity index is 1.30. The molecule has 5 aromatic rings. The summed E-state index contributed by atoms with van der Waals surface area (Å²) in [5, 5.41) is 11.5. The lowest BCUT2D eigenvalue weighted by atomic mass is 9.91. The van der Waals surface area contributed by atoms with Crippen molar-refractivity contribution in [3.05, 3.63) is 89.0 Å². The molecule has 1 aliphatic rings. The van der Waals surface area contributed by atoms with Crippen LogP contribution in [0.5, 0.6) is 5.75 Å². The summed E-state index contributed by atoms with van der Waals surface area (Å²) in [5.41, 5.74) is 18.3. The monoisotopic (exact) mass is 551 g/mol. The lowest BCUT2D eigenvalue weighted by Gasteiger charge is -2.22. The fourth-order valence-electron chi connectivity index (χ4n) is 5.63. The van der Waals surface area contributed by atoms with E-state index < -0.39 is 11.7 Å². The van der Waals surface area contributed by atoms with Crippen molar-refractivity contribution in [3.8, 4) is 28.3 Å². The van der Waals surface area contributed by atoms with Crippen LogP contribution >= 0.6 is 0 Å². The number of nitrogens with two attached hydrogens (primary N) is 2. The van der Waals surface area contributed by atoms with E-state index in [-0.39, 0.29) is 11.3 Å². The number of hydrogen-bond acceptors (Lipinski definition) is 7. The number of aromatic nitrogens is 4. The highest BCUT2D eigenvalue weighted by molar-refractivity contribution is 6.05. The van der Waals surface area contributed by atoms with E-state index >= 15 is 0 Å². The smallest absolute Gasteiger partial charge is 0.252 e. The predicted octanol–water partition coefficient (Wildman–Crippen LogP) is 4.57. The second-order valence-electron chi connectivity index (χ2n) is 10.3. The number of nitrogen functional groups attached to an aromatic ring is 1. The molecule has 0 radical (unpaired) electrons. The zero-order valence-electron chi connectivity index (χ0n) is 22.6. The number of nitrogens with zero attached hydrogens (tertiary/aromatic N) is 3. The first-order valence-electron chi connectivity index (χ1n) is 13.5. The molecule has 1 fully saturated rings. The highest BCUT2D eigenvalue weighted by Crippen LogP contribution is 2.36. The predicted molar refractivity (Wildman–Crippen MR) is 156 cm³/mol. The van der Waals surface area contributed by atoms with Crippen molar-refractivity contribution in [3.63, 3.8) is 0 Å². The number of benzene rings is 2. The third-order valence-corrected chi connectivity index (χ3v) is 7.72. The SMILES string of the molecule is COc1c(Cc2ccc(-c3ncc(-c4ccc(C5CCNCC5)cn4)c4[nH]nc(N)c34)cc2)cc(F)cc1C(N)=O. The minimum absolute atomic E-state index is 0.0108. The van der Waals surface area contributed by atoms with Crippen LogP contribution < -0.4 is 21.5 Å². The molecule has 4 heterocycles. The van der Waals surface area contributed by atoms with Crippen LogP contribution in [0.3, 0.4) is 0 Å². The first-order valence-corrected chi connectivity index (χ1v) is 13.5. The van der Waals surface area contributed by atoms with Gasteiger partial charge in [0.25, 0.3) is 5.91 Å². The van der Waals surface area contributed by atoms with Crippen molar-refractivity contribution >= 4 is 22.6 Å². The Hall–Kier alpha value is -4.83. The second-order valence-corrected chi connectivity index (χ2v) is 10.3. The number of hydrogen-bond donors (Lipinski definition) is 4. The van der Waals surface area contributed by atoms with Gasteiger partial charge in [0, 0.05) is 35.5 Å². The van der Waals surface area contributed by atoms with Crippen molar-refractivity contribution in [2.75, 3.05) is 25.9 Å². The third kappa shape index (κ3) is 5.09. The average molecular weight is 552 g/mol. The number of aromatic amines is 1. The maximum Gasteiger partial charge on any atom is 0.252 e. The quantitative estimate of drug-likeness (QED) is 0.232. The van der Waals surface area contributed by atoms with Gasteiger partial charge in [-0.05, 0) is 61.2 Å². The van der Waals surface area contributed by atoms with E-state index in [4.69, 9.17) is 26.2 Å². The molecular formula is C31H30FN7O2. The molecule has 1 amide bonds. The van der Waals surface area contributed by atoms with Crippen molar-refractivity contribution in [1.29, 1.82) is 0 Å². The van der Waals surface area contributed by atoms with Crippen LogP contribution in [0.15, 0.2) is 60.9 Å². The maximum atomic E-state index is 14.2. The number of fused-ring (bicyclic) bond motifs is 1. The molecule has 0 saturated carbocycles. The molecule has 0 unspecified atom stereocenters. The second kappa shape index (κ2) is 11.0. The number of anilines is 1. The van der Waals surface area contributed by atoms with E-state index in [0.29, 0.717) is 29.4 Å². The van der Waals surface area contributed by atoms with E-state index in [1.165, 1.54) is 18.7 Å². The topological polar surface area (TPSA) is 145 Å². The first-order chi connectivity index (χ1) is 19.9. The van der Waals surface area contributed by atoms with E-state index in [0.717, 1.165) is 65.3 Å². The van der Waals surface area contributed by atoms with Crippen LogP contribution in [0.2, 0.25) is 0 Å². The van der Waals surface area contributed by atoms with Gasteiger partial charge in [-0.3, -0.25) is 19.9 Å². The molecule has 208 valence electrons. The van der Waals surface area contributed by atoms with E-state index in [2.05, 4.69) is 21.6 Å². The third-order valence-electron chi connectivity index (χ3n) is 7.72. The molecule has 2 aromatic carbocycles. The molecule has 6 N–H and O–H groups in total. The van der Waals surface area contributed by atoms with Gasteiger partial charge in [0.15, 0.2) is 5.82 Å². The summed E-state index contributed by atoms with van der Waals surface area (Å²) < 4.78 is 19.6. The number of nitrogens with one attached hydrogen (secondary N) is 2. The number of H-pyrrole nitrogens is 1. The highest BCUT2D eigenvalue weighted by atomic mass is 19.1. The Morgan fingerprint density at radius 3 is 2.54 bits per heavy atom. The fraction of sp³-hybridized carbons (Fsp3) is 0.226. The summed E-state index contributed by atoms with van der Waals surface area (Å²) >= 11 is 0. The Morgan fingerprint density at radius 1 is 1.07 bits per heavy atom. The van der Waals surface area contributed by atoms with Gasteiger partial charge in [0.2, 0.25) is 0 Å². The van der Waals surface area contributed by atoms with E-state index in [9.17, 15) is 9.18 Å². The Kier molecular flexibility index (Phi) is 7.07. The number of rotatable bonds is 7. The zero-order chi connectivity index (χ0) is 28.5. The Bertz CT molecular complexity index is 1730. The molecule has 1 saturated heterocycles. The normalized spacial score (nSPS) is 13.9. The number of pyridine rings is 2. The molecule has 0 bridgehead atoms. The molecule has 0 atom stereocenters. The zero-order valence-corrected chi connectivity index (χ0v) is 22.6. The van der Waals surface area contributed by atoms with Crippen LogP contribution in [0, 0.1) is 5.82 Å². The van der Waals surface area contributed by atoms with Crippen LogP contribution in [-0.4, -0.2) is 46.3 Å². The molecule has 10 heteroatoms. The van der Waals surface area contributed by atoms with Crippen molar-refractivity contribution in [1.82, 2.24) is 25.5 Å². The fourth-order valence-corrected chi connectivity index (χ4v) is 5.63. The molecular weight excluding hydrogens is 521 g/mol. The molecule has 0 aliphatic carbocycles. The van der Waals surface area contributed by atoms with Gasteiger partial charge in [0.1, 0.15) is 11.6 Å². The van der Waals surface area contributed by atoms with Crippen LogP contribution in [0.25, 0.3) is 33.4 Å². The summed E-state index contributed by atoms with van der Waals surface area (Å²) in [4.78, 5) is 21.3. The summed E-state index contributed by atoms with van der Waals surface area (Å²) in [6, 6.07) is 14.3. The standard InChI is InChI=1S/C31H30FN7O2/c1-41-29-21(13-22(32)14-23(29)31(34)40)12-17-2-4-19(5-3-17)27-26-28(38-39-30(26)33)24(16-37-27)25-7-6-20(15-36-25)18-8-10-35-11-9-18/h2-7,13-16,18,35H,8-12H2,1H3,(H2,34,40)(H3,33,38,39). The first kappa shape index (κ1) is 26.4. The molecule has 41 heavy (non-hydrogen) atoms. The number of halogens is 1. The summed E-state index contributed by atoms with van der Waals surface area (Å²) in [5.74, 6) is -0.157. The van der Waals surface area contributed by atoms with Crippen molar-refractivity contribution < 1.29 is 13.9 Å². The van der Waals surface area contributed by atoms with Gasteiger partial charge < -0.3 is 21.5 Å². The maximum absolute atomic E-state index is 14.2. The van der Waals surface area contributed by atoms with Gasteiger partial charge in [-0.1, -0.05) is 30.3 Å². The highest BCUT2D eigenvalue weighted by Gasteiger charge is 2.20. The molecule has 3 aromatic heterocycles. The summed E-state index contributed by atoms with van der Waals surface area (Å²) in [6.07, 6.45) is 6.32. The van der Waals surface area contributed by atoms with Gasteiger partial charge >= 0.3 is 0 Å². The van der Waals surface area contributed by atoms with Gasteiger partial charge in [-0.25, -0.2) is 4.39 Å². The van der Waals surface area contributed by atoms with Crippen LogP contribution in [0.1, 0.15) is 45.8 Å². The Morgan fingerprint density at radius 2 is 1.85 bits per heavy atom. The largest absolute Gasteiger partial charge is 0.496 e. The van der Waals surface area contributed by atoms with Gasteiger partial charge in [0.05, 0.1) is 35.0 Å². The minimum Gasteiger partial charge on any atom is -0.496 e. The average Bonchev–Trinajstić information content (AvgIpc) is 3.39. The number of ether oxygens (including phenoxy) is 1. The van der Waals surface area contributed by atoms with Crippen LogP contribution in [-0.2, 0) is 6.42 Å². The number of carbonyl (C=O) groups excluding carboxylic acids is 1. The number of methoxy groups -OCH3 is 1. The number of primary amides is 1. The lowest BCUT2D eigenvalue weighted by Crippen LogP contribution is -2.26. The van der Waals surface area contributed by atoms with Crippen LogP contribution in [0.4, 0.5) is 10.2 Å². The van der Waals surface area contributed by atoms with Crippen molar-refractivity contribution in [2.24, 2.45) is 5.73 Å². The van der Waals surface area contributed by atoms with Gasteiger partial charge in [-0.2, -0.15) is 5.10 Å². The molecule has 0 spiro atoms.